The highest BCUT2D eigenvalue weighted by Crippen LogP contribution is 2.25. The van der Waals surface area contributed by atoms with Crippen LogP contribution in [0.2, 0.25) is 0 Å². The lowest BCUT2D eigenvalue weighted by Crippen LogP contribution is -2.48. The molecule has 1 aliphatic heterocycles. The first-order chi connectivity index (χ1) is 9.11. The number of hydrogen-bond acceptors (Lipinski definition) is 4. The molecule has 1 fully saturated rings. The van der Waals surface area contributed by atoms with E-state index in [0.29, 0.717) is 12.4 Å². The molecule has 2 rings (SSSR count). The van der Waals surface area contributed by atoms with Gasteiger partial charge >= 0.3 is 5.97 Å². The maximum atomic E-state index is 11.4. The molecule has 0 aliphatic carbocycles. The minimum absolute atomic E-state index is 0.178. The molecule has 0 amide bonds. The molecular weight excluding hydrogens is 244 g/mol. The highest BCUT2D eigenvalue weighted by Gasteiger charge is 2.34. The van der Waals surface area contributed by atoms with Crippen LogP contribution in [0.4, 0.5) is 0 Å². The van der Waals surface area contributed by atoms with Crippen LogP contribution in [0, 0.1) is 5.92 Å². The molecular formula is C14H20N2O3. The monoisotopic (exact) mass is 264 g/mol. The Bertz CT molecular complexity index is 450. The summed E-state index contributed by atoms with van der Waals surface area (Å²) in [4.78, 5) is 17.7. The van der Waals surface area contributed by atoms with Crippen molar-refractivity contribution in [1.29, 1.82) is 0 Å². The van der Waals surface area contributed by atoms with Crippen LogP contribution < -0.4 is 4.74 Å². The van der Waals surface area contributed by atoms with E-state index in [1.807, 2.05) is 24.0 Å². The largest absolute Gasteiger partial charge is 0.481 e. The van der Waals surface area contributed by atoms with Gasteiger partial charge in [-0.15, -0.1) is 0 Å². The van der Waals surface area contributed by atoms with Gasteiger partial charge in [0.05, 0.1) is 12.8 Å². The molecule has 1 aromatic heterocycles. The van der Waals surface area contributed by atoms with Crippen LogP contribution in [-0.4, -0.2) is 40.7 Å². The number of hydrogen-bond donors (Lipinski definition) is 1. The van der Waals surface area contributed by atoms with Crippen LogP contribution in [-0.2, 0) is 11.3 Å². The van der Waals surface area contributed by atoms with E-state index < -0.39 is 12.0 Å². The molecule has 2 heterocycles. The molecule has 2 atom stereocenters. The van der Waals surface area contributed by atoms with Crippen molar-refractivity contribution in [2.24, 2.45) is 5.92 Å². The molecule has 2 unspecified atom stereocenters. The standard InChI is InChI=1S/C14H20N2O3/c1-10-5-4-8-16(13(10)14(17)18)9-11-6-3-7-12(15-11)19-2/h3,6-7,10,13H,4-5,8-9H2,1-2H3,(H,17,18). The molecule has 0 aromatic carbocycles. The number of aliphatic carboxylic acids is 1. The second-order valence-corrected chi connectivity index (χ2v) is 5.04. The van der Waals surface area contributed by atoms with Gasteiger partial charge in [-0.3, -0.25) is 9.69 Å². The second-order valence-electron chi connectivity index (χ2n) is 5.04. The normalized spacial score (nSPS) is 24.1. The fourth-order valence-electron chi connectivity index (χ4n) is 2.72. The average Bonchev–Trinajstić information content (AvgIpc) is 2.38. The van der Waals surface area contributed by atoms with Crippen LogP contribution in [0.3, 0.4) is 0 Å². The highest BCUT2D eigenvalue weighted by molar-refractivity contribution is 5.74. The third kappa shape index (κ3) is 3.23. The fraction of sp³-hybridized carbons (Fsp3) is 0.571. The zero-order valence-electron chi connectivity index (χ0n) is 11.4. The Morgan fingerprint density at radius 1 is 1.58 bits per heavy atom. The van der Waals surface area contributed by atoms with Crippen LogP contribution >= 0.6 is 0 Å². The van der Waals surface area contributed by atoms with E-state index in [2.05, 4.69) is 4.98 Å². The fourth-order valence-corrected chi connectivity index (χ4v) is 2.72. The predicted molar refractivity (Wildman–Crippen MR) is 71.0 cm³/mol. The van der Waals surface area contributed by atoms with Gasteiger partial charge < -0.3 is 9.84 Å². The van der Waals surface area contributed by atoms with Crippen molar-refractivity contribution in [3.8, 4) is 5.88 Å². The number of carboxylic acids is 1. The lowest BCUT2D eigenvalue weighted by molar-refractivity contribution is -0.147. The summed E-state index contributed by atoms with van der Waals surface area (Å²) in [6.07, 6.45) is 2.01. The molecule has 104 valence electrons. The van der Waals surface area contributed by atoms with Gasteiger partial charge in [0.2, 0.25) is 5.88 Å². The molecule has 19 heavy (non-hydrogen) atoms. The molecule has 1 saturated heterocycles. The Hall–Kier alpha value is -1.62. The van der Waals surface area contributed by atoms with E-state index in [-0.39, 0.29) is 5.92 Å². The molecule has 0 saturated carbocycles. The molecule has 1 N–H and O–H groups in total. The van der Waals surface area contributed by atoms with Crippen LogP contribution in [0.15, 0.2) is 18.2 Å². The van der Waals surface area contributed by atoms with Crippen molar-refractivity contribution in [3.05, 3.63) is 23.9 Å². The topological polar surface area (TPSA) is 62.7 Å². The van der Waals surface area contributed by atoms with Gasteiger partial charge in [-0.2, -0.15) is 0 Å². The predicted octanol–water partition coefficient (Wildman–Crippen LogP) is 1.78. The Balaban J connectivity index is 2.13. The first-order valence-corrected chi connectivity index (χ1v) is 6.58. The Labute approximate surface area is 113 Å². The van der Waals surface area contributed by atoms with Gasteiger partial charge in [-0.25, -0.2) is 4.98 Å². The van der Waals surface area contributed by atoms with Crippen LogP contribution in [0.25, 0.3) is 0 Å². The molecule has 1 aromatic rings. The van der Waals surface area contributed by atoms with E-state index in [0.717, 1.165) is 25.1 Å². The molecule has 1 aliphatic rings. The summed E-state index contributed by atoms with van der Waals surface area (Å²) in [5, 5.41) is 9.37. The third-order valence-corrected chi connectivity index (χ3v) is 3.65. The Kier molecular flexibility index (Phi) is 4.37. The summed E-state index contributed by atoms with van der Waals surface area (Å²) in [6.45, 7) is 3.36. The number of rotatable bonds is 4. The van der Waals surface area contributed by atoms with E-state index in [9.17, 15) is 9.90 Å². The number of piperidine rings is 1. The van der Waals surface area contributed by atoms with Crippen molar-refractivity contribution in [3.63, 3.8) is 0 Å². The summed E-state index contributed by atoms with van der Waals surface area (Å²) >= 11 is 0. The smallest absolute Gasteiger partial charge is 0.321 e. The van der Waals surface area contributed by atoms with Gasteiger partial charge in [0.15, 0.2) is 0 Å². The lowest BCUT2D eigenvalue weighted by Gasteiger charge is -2.37. The van der Waals surface area contributed by atoms with Gasteiger partial charge in [-0.05, 0) is 31.4 Å². The van der Waals surface area contributed by atoms with E-state index in [4.69, 9.17) is 4.74 Å². The molecule has 0 radical (unpaired) electrons. The van der Waals surface area contributed by atoms with Crippen molar-refractivity contribution in [1.82, 2.24) is 9.88 Å². The Morgan fingerprint density at radius 3 is 3.05 bits per heavy atom. The second kappa shape index (κ2) is 6.02. The number of likely N-dealkylation sites (tertiary alicyclic amines) is 1. The maximum Gasteiger partial charge on any atom is 0.321 e. The zero-order valence-corrected chi connectivity index (χ0v) is 11.4. The first kappa shape index (κ1) is 13.8. The summed E-state index contributed by atoms with van der Waals surface area (Å²) in [5.41, 5.74) is 0.847. The molecule has 0 spiro atoms. The lowest BCUT2D eigenvalue weighted by atomic mass is 9.90. The number of nitrogens with zero attached hydrogens (tertiary/aromatic N) is 2. The first-order valence-electron chi connectivity index (χ1n) is 6.58. The SMILES string of the molecule is COc1cccc(CN2CCCC(C)C2C(=O)O)n1. The van der Waals surface area contributed by atoms with Gasteiger partial charge in [0.1, 0.15) is 6.04 Å². The third-order valence-electron chi connectivity index (χ3n) is 3.65. The zero-order chi connectivity index (χ0) is 13.8. The number of pyridine rings is 1. The minimum Gasteiger partial charge on any atom is -0.481 e. The van der Waals surface area contributed by atoms with Crippen molar-refractivity contribution >= 4 is 5.97 Å². The quantitative estimate of drug-likeness (QED) is 0.898. The van der Waals surface area contributed by atoms with Gasteiger partial charge in [0.25, 0.3) is 0 Å². The van der Waals surface area contributed by atoms with E-state index in [1.165, 1.54) is 0 Å². The summed E-state index contributed by atoms with van der Waals surface area (Å²) in [7, 11) is 1.58. The summed E-state index contributed by atoms with van der Waals surface area (Å²) in [6, 6.07) is 5.16. The number of carboxylic acid groups (broad SMARTS) is 1. The van der Waals surface area contributed by atoms with Crippen LogP contribution in [0.1, 0.15) is 25.5 Å². The molecule has 0 bridgehead atoms. The van der Waals surface area contributed by atoms with Crippen molar-refractivity contribution in [2.75, 3.05) is 13.7 Å². The Morgan fingerprint density at radius 2 is 2.37 bits per heavy atom. The van der Waals surface area contributed by atoms with E-state index >= 15 is 0 Å². The molecule has 5 nitrogen and oxygen atoms in total. The summed E-state index contributed by atoms with van der Waals surface area (Å²) in [5.74, 6) is 0.00128. The number of aromatic nitrogens is 1. The summed E-state index contributed by atoms with van der Waals surface area (Å²) < 4.78 is 5.09. The van der Waals surface area contributed by atoms with Gasteiger partial charge in [0, 0.05) is 12.6 Å². The van der Waals surface area contributed by atoms with E-state index in [1.54, 1.807) is 13.2 Å². The number of ether oxygens (including phenoxy) is 1. The van der Waals surface area contributed by atoms with Gasteiger partial charge in [-0.1, -0.05) is 13.0 Å². The minimum atomic E-state index is -0.741. The van der Waals surface area contributed by atoms with Crippen molar-refractivity contribution in [2.45, 2.75) is 32.4 Å². The average molecular weight is 264 g/mol. The van der Waals surface area contributed by atoms with Crippen molar-refractivity contribution < 1.29 is 14.6 Å². The van der Waals surface area contributed by atoms with Crippen LogP contribution in [0.5, 0.6) is 5.88 Å². The highest BCUT2D eigenvalue weighted by atomic mass is 16.5. The molecule has 5 heteroatoms. The number of carbonyl (C=O) groups is 1. The maximum absolute atomic E-state index is 11.4. The number of methoxy groups -OCH3 is 1.